The van der Waals surface area contributed by atoms with Crippen LogP contribution in [-0.2, 0) is 9.53 Å². The second-order valence-corrected chi connectivity index (χ2v) is 8.46. The number of carbonyl (C=O) groups excluding carboxylic acids is 2. The summed E-state index contributed by atoms with van der Waals surface area (Å²) < 4.78 is 27.3. The Hall–Kier alpha value is -3.62. The lowest BCUT2D eigenvalue weighted by Crippen LogP contribution is -2.51. The summed E-state index contributed by atoms with van der Waals surface area (Å²) in [5.74, 6) is 1.63. The zero-order valence-corrected chi connectivity index (χ0v) is 21.4. The van der Waals surface area contributed by atoms with Crippen molar-refractivity contribution < 1.29 is 33.3 Å². The van der Waals surface area contributed by atoms with E-state index >= 15 is 0 Å². The molecule has 0 saturated heterocycles. The zero-order valence-electron chi connectivity index (χ0n) is 21.4. The van der Waals surface area contributed by atoms with Gasteiger partial charge in [-0.25, -0.2) is 4.79 Å². The number of para-hydroxylation sites is 2. The average molecular weight is 489 g/mol. The second kappa shape index (κ2) is 13.3. The van der Waals surface area contributed by atoms with Crippen molar-refractivity contribution in [1.82, 2.24) is 10.6 Å². The van der Waals surface area contributed by atoms with Gasteiger partial charge in [-0.15, -0.1) is 0 Å². The molecule has 0 aromatic heterocycles. The van der Waals surface area contributed by atoms with Crippen LogP contribution < -0.4 is 29.6 Å². The van der Waals surface area contributed by atoms with E-state index in [-0.39, 0.29) is 24.5 Å². The molecule has 192 valence electrons. The number of hydrogen-bond acceptors (Lipinski definition) is 7. The lowest BCUT2D eigenvalue weighted by atomic mass is 10.0. The van der Waals surface area contributed by atoms with Crippen molar-refractivity contribution in [2.75, 3.05) is 27.9 Å². The van der Waals surface area contributed by atoms with E-state index in [1.807, 2.05) is 32.0 Å². The molecule has 0 aliphatic heterocycles. The van der Waals surface area contributed by atoms with Gasteiger partial charge in [0.1, 0.15) is 12.6 Å². The van der Waals surface area contributed by atoms with E-state index in [2.05, 4.69) is 10.6 Å². The maximum Gasteiger partial charge on any atom is 0.408 e. The van der Waals surface area contributed by atoms with Crippen LogP contribution in [0, 0.1) is 5.92 Å². The number of alkyl carbamates (subject to hydrolysis) is 1. The van der Waals surface area contributed by atoms with E-state index in [1.54, 1.807) is 59.4 Å². The van der Waals surface area contributed by atoms with E-state index in [0.29, 0.717) is 23.0 Å². The van der Waals surface area contributed by atoms with Gasteiger partial charge in [0.15, 0.2) is 23.0 Å². The monoisotopic (exact) mass is 488 g/mol. The Balaban J connectivity index is 2.31. The highest BCUT2D eigenvalue weighted by Crippen LogP contribution is 2.31. The van der Waals surface area contributed by atoms with Gasteiger partial charge >= 0.3 is 6.09 Å². The summed E-state index contributed by atoms with van der Waals surface area (Å²) in [5, 5.41) is 5.66. The first-order valence-corrected chi connectivity index (χ1v) is 11.4. The third-order valence-corrected chi connectivity index (χ3v) is 5.17. The quantitative estimate of drug-likeness (QED) is 0.463. The maximum atomic E-state index is 13.3. The molecule has 0 heterocycles. The summed E-state index contributed by atoms with van der Waals surface area (Å²) >= 11 is 0. The molecule has 0 aliphatic carbocycles. The molecule has 2 N–H and O–H groups in total. The SMILES string of the molecule is COc1ccc(C(COc2ccccc2OC)NC(=O)C(NC(=O)OC(C)C)C(C)C)cc1OC. The molecular weight excluding hydrogens is 452 g/mol. The van der Waals surface area contributed by atoms with Crippen LogP contribution in [0.3, 0.4) is 0 Å². The molecule has 0 aliphatic rings. The first kappa shape index (κ1) is 27.6. The van der Waals surface area contributed by atoms with Crippen molar-refractivity contribution in [3.05, 3.63) is 48.0 Å². The Morgan fingerprint density at radius 3 is 1.97 bits per heavy atom. The summed E-state index contributed by atoms with van der Waals surface area (Å²) in [6.07, 6.45) is -0.957. The molecule has 2 aromatic rings. The maximum absolute atomic E-state index is 13.3. The molecular formula is C26H36N2O7. The van der Waals surface area contributed by atoms with Crippen molar-refractivity contribution in [3.63, 3.8) is 0 Å². The predicted molar refractivity (Wildman–Crippen MR) is 132 cm³/mol. The number of amides is 2. The van der Waals surface area contributed by atoms with Gasteiger partial charge in [0.05, 0.1) is 33.5 Å². The van der Waals surface area contributed by atoms with E-state index in [9.17, 15) is 9.59 Å². The van der Waals surface area contributed by atoms with Crippen LogP contribution in [0.15, 0.2) is 42.5 Å². The van der Waals surface area contributed by atoms with Crippen LogP contribution in [-0.4, -0.2) is 52.1 Å². The normalized spacial score (nSPS) is 12.5. The van der Waals surface area contributed by atoms with Crippen LogP contribution in [0.1, 0.15) is 39.3 Å². The molecule has 2 amide bonds. The minimum Gasteiger partial charge on any atom is -0.493 e. The summed E-state index contributed by atoms with van der Waals surface area (Å²) in [6, 6.07) is 11.2. The van der Waals surface area contributed by atoms with Crippen LogP contribution in [0.25, 0.3) is 0 Å². The molecule has 2 atom stereocenters. The molecule has 35 heavy (non-hydrogen) atoms. The highest BCUT2D eigenvalue weighted by atomic mass is 16.6. The second-order valence-electron chi connectivity index (χ2n) is 8.46. The van der Waals surface area contributed by atoms with E-state index < -0.39 is 18.2 Å². The van der Waals surface area contributed by atoms with Gasteiger partial charge in [-0.2, -0.15) is 0 Å². The third-order valence-electron chi connectivity index (χ3n) is 5.17. The summed E-state index contributed by atoms with van der Waals surface area (Å²) in [7, 11) is 4.65. The highest BCUT2D eigenvalue weighted by molar-refractivity contribution is 5.86. The minimum atomic E-state index is -0.810. The molecule has 0 spiro atoms. The van der Waals surface area contributed by atoms with Gasteiger partial charge in [-0.05, 0) is 49.6 Å². The van der Waals surface area contributed by atoms with Crippen molar-refractivity contribution in [1.29, 1.82) is 0 Å². The van der Waals surface area contributed by atoms with Gasteiger partial charge in [-0.3, -0.25) is 4.79 Å². The number of ether oxygens (including phenoxy) is 5. The summed E-state index contributed by atoms with van der Waals surface area (Å²) in [6.45, 7) is 7.27. The van der Waals surface area contributed by atoms with Crippen LogP contribution in [0.5, 0.6) is 23.0 Å². The van der Waals surface area contributed by atoms with Crippen LogP contribution in [0.2, 0.25) is 0 Å². The smallest absolute Gasteiger partial charge is 0.408 e. The number of rotatable bonds is 12. The molecule has 2 rings (SSSR count). The Morgan fingerprint density at radius 2 is 1.40 bits per heavy atom. The van der Waals surface area contributed by atoms with Crippen LogP contribution in [0.4, 0.5) is 4.79 Å². The molecule has 9 heteroatoms. The highest BCUT2D eigenvalue weighted by Gasteiger charge is 2.28. The molecule has 2 aromatic carbocycles. The molecule has 9 nitrogen and oxygen atoms in total. The minimum absolute atomic E-state index is 0.100. The number of benzene rings is 2. The van der Waals surface area contributed by atoms with E-state index in [1.165, 1.54) is 0 Å². The van der Waals surface area contributed by atoms with Gasteiger partial charge in [-0.1, -0.05) is 32.0 Å². The fraction of sp³-hybridized carbons (Fsp3) is 0.462. The number of nitrogens with one attached hydrogen (secondary N) is 2. The first-order chi connectivity index (χ1) is 16.7. The van der Waals surface area contributed by atoms with E-state index in [4.69, 9.17) is 23.7 Å². The van der Waals surface area contributed by atoms with Crippen LogP contribution >= 0.6 is 0 Å². The van der Waals surface area contributed by atoms with Crippen molar-refractivity contribution in [2.45, 2.75) is 45.9 Å². The Labute approximate surface area is 207 Å². The Kier molecular flexibility index (Phi) is 10.5. The molecule has 0 bridgehead atoms. The van der Waals surface area contributed by atoms with Gasteiger partial charge in [0, 0.05) is 0 Å². The largest absolute Gasteiger partial charge is 0.493 e. The third kappa shape index (κ3) is 7.98. The Bertz CT molecular complexity index is 978. The predicted octanol–water partition coefficient (Wildman–Crippen LogP) is 4.11. The molecule has 0 radical (unpaired) electrons. The molecule has 0 saturated carbocycles. The summed E-state index contributed by atoms with van der Waals surface area (Å²) in [4.78, 5) is 25.5. The molecule has 2 unspecified atom stereocenters. The topological polar surface area (TPSA) is 104 Å². The van der Waals surface area contributed by atoms with Crippen molar-refractivity contribution >= 4 is 12.0 Å². The summed E-state index contributed by atoms with van der Waals surface area (Å²) in [5.41, 5.74) is 0.734. The number of methoxy groups -OCH3 is 3. The standard InChI is InChI=1S/C26H36N2O7/c1-16(2)24(28-26(30)35-17(3)4)25(29)27-19(15-34-22-11-9-8-10-20(22)31-5)18-12-13-21(32-6)23(14-18)33-7/h8-14,16-17,19,24H,15H2,1-7H3,(H,27,29)(H,28,30). The zero-order chi connectivity index (χ0) is 26.0. The lowest BCUT2D eigenvalue weighted by molar-refractivity contribution is -0.125. The number of carbonyl (C=O) groups is 2. The van der Waals surface area contributed by atoms with Gasteiger partial charge < -0.3 is 34.3 Å². The van der Waals surface area contributed by atoms with Gasteiger partial charge in [0.2, 0.25) is 5.91 Å². The Morgan fingerprint density at radius 1 is 0.800 bits per heavy atom. The molecule has 0 fully saturated rings. The van der Waals surface area contributed by atoms with E-state index in [0.717, 1.165) is 5.56 Å². The lowest BCUT2D eigenvalue weighted by Gasteiger charge is -2.26. The van der Waals surface area contributed by atoms with Crippen molar-refractivity contribution in [3.8, 4) is 23.0 Å². The van der Waals surface area contributed by atoms with Crippen molar-refractivity contribution in [2.24, 2.45) is 5.92 Å². The first-order valence-electron chi connectivity index (χ1n) is 11.4. The fourth-order valence-electron chi connectivity index (χ4n) is 3.37. The van der Waals surface area contributed by atoms with Gasteiger partial charge in [0.25, 0.3) is 0 Å². The fourth-order valence-corrected chi connectivity index (χ4v) is 3.37. The average Bonchev–Trinajstić information content (AvgIpc) is 2.83. The number of hydrogen-bond donors (Lipinski definition) is 2.